The first kappa shape index (κ1) is 8.49. The van der Waals surface area contributed by atoms with Crippen LogP contribution < -0.4 is 10.1 Å². The molecule has 2 aromatic rings. The van der Waals surface area contributed by atoms with Crippen LogP contribution in [0.5, 0.6) is 5.88 Å². The van der Waals surface area contributed by atoms with Gasteiger partial charge in [0.25, 0.3) is 0 Å². The van der Waals surface area contributed by atoms with Gasteiger partial charge in [0.2, 0.25) is 12.3 Å². The molecule has 1 N–H and O–H groups in total. The first-order chi connectivity index (χ1) is 6.88. The van der Waals surface area contributed by atoms with Crippen LogP contribution in [0.1, 0.15) is 0 Å². The summed E-state index contributed by atoms with van der Waals surface area (Å²) in [6.45, 7) is 0. The van der Waals surface area contributed by atoms with Crippen LogP contribution in [0.25, 0.3) is 0 Å². The van der Waals surface area contributed by atoms with Gasteiger partial charge < -0.3 is 14.5 Å². The first-order valence-electron chi connectivity index (χ1n) is 3.92. The van der Waals surface area contributed by atoms with Crippen LogP contribution >= 0.6 is 0 Å². The Bertz CT molecular complexity index is 384. The van der Waals surface area contributed by atoms with Gasteiger partial charge >= 0.3 is 6.01 Å². The minimum atomic E-state index is 0.331. The predicted octanol–water partition coefficient (Wildman–Crippen LogP) is 1.22. The molecular formula is C8H8N4O2. The number of hydrogen-bond acceptors (Lipinski definition) is 6. The van der Waals surface area contributed by atoms with Crippen LogP contribution in [0.15, 0.2) is 29.1 Å². The maximum absolute atomic E-state index is 4.91. The number of anilines is 2. The maximum Gasteiger partial charge on any atom is 0.319 e. The molecule has 14 heavy (non-hydrogen) atoms. The van der Waals surface area contributed by atoms with Gasteiger partial charge in [0, 0.05) is 6.07 Å². The molecule has 0 fully saturated rings. The number of nitrogens with one attached hydrogen (secondary N) is 1. The quantitative estimate of drug-likeness (QED) is 0.788. The van der Waals surface area contributed by atoms with E-state index in [0.29, 0.717) is 11.9 Å². The van der Waals surface area contributed by atoms with Gasteiger partial charge in [-0.05, 0) is 6.07 Å². The van der Waals surface area contributed by atoms with Gasteiger partial charge in [-0.3, -0.25) is 0 Å². The summed E-state index contributed by atoms with van der Waals surface area (Å²) in [7, 11) is 1.56. The lowest BCUT2D eigenvalue weighted by molar-refractivity contribution is 0.398. The van der Waals surface area contributed by atoms with Crippen molar-refractivity contribution in [3.05, 3.63) is 24.7 Å². The van der Waals surface area contributed by atoms with Crippen LogP contribution in [-0.2, 0) is 0 Å². The zero-order chi connectivity index (χ0) is 9.80. The Morgan fingerprint density at radius 1 is 1.43 bits per heavy atom. The van der Waals surface area contributed by atoms with E-state index in [1.54, 1.807) is 25.4 Å². The molecule has 6 heteroatoms. The molecule has 0 amide bonds. The molecule has 0 aliphatic carbocycles. The SMILES string of the molecule is COc1ccc(Nc2nnco2)cn1. The first-order valence-corrected chi connectivity index (χ1v) is 3.92. The highest BCUT2D eigenvalue weighted by Crippen LogP contribution is 2.14. The third kappa shape index (κ3) is 1.79. The number of rotatable bonds is 3. The fraction of sp³-hybridized carbons (Fsp3) is 0.125. The highest BCUT2D eigenvalue weighted by molar-refractivity contribution is 5.50. The average Bonchev–Trinajstić information content (AvgIpc) is 2.72. The van der Waals surface area contributed by atoms with Crippen LogP contribution in [-0.4, -0.2) is 22.3 Å². The van der Waals surface area contributed by atoms with Crippen LogP contribution in [0.4, 0.5) is 11.7 Å². The van der Waals surface area contributed by atoms with E-state index in [0.717, 1.165) is 5.69 Å². The molecule has 2 rings (SSSR count). The van der Waals surface area contributed by atoms with E-state index in [4.69, 9.17) is 9.15 Å². The molecule has 0 bridgehead atoms. The van der Waals surface area contributed by atoms with Crippen molar-refractivity contribution in [3.8, 4) is 5.88 Å². The Labute approximate surface area is 79.9 Å². The summed E-state index contributed by atoms with van der Waals surface area (Å²) in [6.07, 6.45) is 2.86. The summed E-state index contributed by atoms with van der Waals surface area (Å²) in [4.78, 5) is 4.00. The maximum atomic E-state index is 4.91. The van der Waals surface area contributed by atoms with Gasteiger partial charge in [-0.25, -0.2) is 4.98 Å². The van der Waals surface area contributed by atoms with Gasteiger partial charge in [0.05, 0.1) is 19.0 Å². The number of nitrogens with zero attached hydrogens (tertiary/aromatic N) is 3. The molecule has 0 atom stereocenters. The molecule has 0 saturated carbocycles. The molecular weight excluding hydrogens is 184 g/mol. The highest BCUT2D eigenvalue weighted by Gasteiger charge is 1.99. The van der Waals surface area contributed by atoms with E-state index >= 15 is 0 Å². The molecule has 2 aromatic heterocycles. The van der Waals surface area contributed by atoms with E-state index in [2.05, 4.69) is 20.5 Å². The van der Waals surface area contributed by atoms with Crippen molar-refractivity contribution < 1.29 is 9.15 Å². The summed E-state index contributed by atoms with van der Waals surface area (Å²) in [5.74, 6) is 0.557. The number of aromatic nitrogens is 3. The van der Waals surface area contributed by atoms with Crippen LogP contribution in [0.3, 0.4) is 0 Å². The van der Waals surface area contributed by atoms with Gasteiger partial charge in [-0.1, -0.05) is 5.10 Å². The van der Waals surface area contributed by atoms with Crippen molar-refractivity contribution in [1.29, 1.82) is 0 Å². The van der Waals surface area contributed by atoms with Crippen LogP contribution in [0.2, 0.25) is 0 Å². The molecule has 0 aliphatic rings. The van der Waals surface area contributed by atoms with Crippen molar-refractivity contribution >= 4 is 11.7 Å². The highest BCUT2D eigenvalue weighted by atomic mass is 16.5. The Balaban J connectivity index is 2.10. The van der Waals surface area contributed by atoms with Gasteiger partial charge in [0.15, 0.2) is 0 Å². The number of ether oxygens (including phenoxy) is 1. The fourth-order valence-electron chi connectivity index (χ4n) is 0.926. The molecule has 0 spiro atoms. The van der Waals surface area contributed by atoms with Crippen molar-refractivity contribution in [2.24, 2.45) is 0 Å². The second kappa shape index (κ2) is 3.73. The standard InChI is InChI=1S/C8H8N4O2/c1-13-7-3-2-6(4-9-7)11-8-12-10-5-14-8/h2-5H,1H3,(H,11,12). The third-order valence-electron chi connectivity index (χ3n) is 1.56. The fourth-order valence-corrected chi connectivity index (χ4v) is 0.926. The molecule has 2 heterocycles. The Kier molecular flexibility index (Phi) is 2.26. The van der Waals surface area contributed by atoms with Crippen molar-refractivity contribution in [3.63, 3.8) is 0 Å². The lowest BCUT2D eigenvalue weighted by Crippen LogP contribution is -1.92. The van der Waals surface area contributed by atoms with E-state index < -0.39 is 0 Å². The Morgan fingerprint density at radius 2 is 2.36 bits per heavy atom. The Hall–Kier alpha value is -2.11. The van der Waals surface area contributed by atoms with Gasteiger partial charge in [-0.15, -0.1) is 5.10 Å². The summed E-state index contributed by atoms with van der Waals surface area (Å²) in [6, 6.07) is 3.87. The number of pyridine rings is 1. The monoisotopic (exact) mass is 192 g/mol. The average molecular weight is 192 g/mol. The third-order valence-corrected chi connectivity index (χ3v) is 1.56. The molecule has 0 aromatic carbocycles. The summed E-state index contributed by atoms with van der Waals surface area (Å²) in [5, 5.41) is 10.1. The lowest BCUT2D eigenvalue weighted by Gasteiger charge is -2.01. The summed E-state index contributed by atoms with van der Waals surface area (Å²) >= 11 is 0. The van der Waals surface area contributed by atoms with Crippen molar-refractivity contribution in [2.75, 3.05) is 12.4 Å². The summed E-state index contributed by atoms with van der Waals surface area (Å²) in [5.41, 5.74) is 0.759. The van der Waals surface area contributed by atoms with Gasteiger partial charge in [0.1, 0.15) is 0 Å². The number of methoxy groups -OCH3 is 1. The van der Waals surface area contributed by atoms with E-state index in [-0.39, 0.29) is 0 Å². The van der Waals surface area contributed by atoms with Gasteiger partial charge in [-0.2, -0.15) is 0 Å². The van der Waals surface area contributed by atoms with Crippen molar-refractivity contribution in [2.45, 2.75) is 0 Å². The molecule has 0 saturated heterocycles. The van der Waals surface area contributed by atoms with E-state index in [9.17, 15) is 0 Å². The topological polar surface area (TPSA) is 73.1 Å². The normalized spacial score (nSPS) is 9.79. The van der Waals surface area contributed by atoms with Crippen molar-refractivity contribution in [1.82, 2.24) is 15.2 Å². The molecule has 72 valence electrons. The molecule has 0 radical (unpaired) electrons. The predicted molar refractivity (Wildman–Crippen MR) is 48.4 cm³/mol. The smallest absolute Gasteiger partial charge is 0.319 e. The largest absolute Gasteiger partial charge is 0.481 e. The molecule has 0 aliphatic heterocycles. The number of hydrogen-bond donors (Lipinski definition) is 1. The Morgan fingerprint density at radius 3 is 2.93 bits per heavy atom. The second-order valence-corrected chi connectivity index (χ2v) is 2.46. The summed E-state index contributed by atoms with van der Waals surface area (Å²) < 4.78 is 9.82. The minimum Gasteiger partial charge on any atom is -0.481 e. The van der Waals surface area contributed by atoms with Crippen LogP contribution in [0, 0.1) is 0 Å². The molecule has 0 unspecified atom stereocenters. The second-order valence-electron chi connectivity index (χ2n) is 2.46. The lowest BCUT2D eigenvalue weighted by atomic mass is 10.4. The molecule has 6 nitrogen and oxygen atoms in total. The van der Waals surface area contributed by atoms with E-state index in [1.807, 2.05) is 0 Å². The zero-order valence-electron chi connectivity index (χ0n) is 7.47. The van der Waals surface area contributed by atoms with E-state index in [1.165, 1.54) is 6.39 Å². The minimum absolute atomic E-state index is 0.331. The zero-order valence-corrected chi connectivity index (χ0v) is 7.47.